The van der Waals surface area contributed by atoms with Gasteiger partial charge < -0.3 is 14.2 Å². The Bertz CT molecular complexity index is 346. The number of methoxy groups -OCH3 is 1. The number of rotatable bonds is 2. The first-order chi connectivity index (χ1) is 7.22. The molecule has 1 aromatic rings. The topological polar surface area (TPSA) is 53.5 Å². The molecule has 1 aliphatic heterocycles. The highest BCUT2D eigenvalue weighted by Crippen LogP contribution is 2.34. The fourth-order valence-corrected chi connectivity index (χ4v) is 1.76. The number of hydrogen-bond acceptors (Lipinski definition) is 5. The molecule has 15 heavy (non-hydrogen) atoms. The molecule has 2 rings (SSSR count). The quantitative estimate of drug-likeness (QED) is 0.750. The maximum absolute atomic E-state index is 5.92. The predicted molar refractivity (Wildman–Crippen MR) is 53.2 cm³/mol. The molecule has 0 spiro atoms. The van der Waals surface area contributed by atoms with Crippen LogP contribution in [0.3, 0.4) is 0 Å². The van der Waals surface area contributed by atoms with Gasteiger partial charge in [-0.05, 0) is 0 Å². The van der Waals surface area contributed by atoms with Crippen molar-refractivity contribution in [1.82, 2.24) is 9.97 Å². The van der Waals surface area contributed by atoms with Crippen LogP contribution in [0.4, 0.5) is 0 Å². The Morgan fingerprint density at radius 3 is 2.20 bits per heavy atom. The molecule has 0 aliphatic carbocycles. The van der Waals surface area contributed by atoms with Crippen molar-refractivity contribution in [1.29, 1.82) is 0 Å². The maximum Gasteiger partial charge on any atom is 0.318 e. The summed E-state index contributed by atoms with van der Waals surface area (Å²) in [6.07, 6.45) is -0.587. The van der Waals surface area contributed by atoms with Gasteiger partial charge in [0.15, 0.2) is 6.29 Å². The third-order valence-electron chi connectivity index (χ3n) is 1.87. The standard InChI is InChI=1S/C8H8Cl2N2O3/c1-13-8-11-5(9)4(6(10)12-8)7-14-2-3-15-7/h7H,2-3H2,1H3. The van der Waals surface area contributed by atoms with E-state index in [1.807, 2.05) is 0 Å². The van der Waals surface area contributed by atoms with Crippen LogP contribution in [0.15, 0.2) is 0 Å². The summed E-state index contributed by atoms with van der Waals surface area (Å²) < 4.78 is 15.3. The normalized spacial score (nSPS) is 17.0. The van der Waals surface area contributed by atoms with E-state index < -0.39 is 6.29 Å². The largest absolute Gasteiger partial charge is 0.467 e. The fraction of sp³-hybridized carbons (Fsp3) is 0.500. The monoisotopic (exact) mass is 250 g/mol. The van der Waals surface area contributed by atoms with Crippen LogP contribution in [-0.4, -0.2) is 30.3 Å². The second-order valence-electron chi connectivity index (χ2n) is 2.78. The molecule has 0 N–H and O–H groups in total. The van der Waals surface area contributed by atoms with Gasteiger partial charge in [0.1, 0.15) is 10.3 Å². The van der Waals surface area contributed by atoms with Crippen molar-refractivity contribution in [2.75, 3.05) is 20.3 Å². The first kappa shape index (κ1) is 10.9. The van der Waals surface area contributed by atoms with Crippen molar-refractivity contribution >= 4 is 23.2 Å². The van der Waals surface area contributed by atoms with E-state index >= 15 is 0 Å². The molecule has 0 aromatic carbocycles. The van der Waals surface area contributed by atoms with Gasteiger partial charge in [-0.25, -0.2) is 0 Å². The molecule has 82 valence electrons. The lowest BCUT2D eigenvalue weighted by molar-refractivity contribution is -0.0444. The first-order valence-electron chi connectivity index (χ1n) is 4.22. The number of ether oxygens (including phenoxy) is 3. The van der Waals surface area contributed by atoms with Gasteiger partial charge in [0, 0.05) is 0 Å². The first-order valence-corrected chi connectivity index (χ1v) is 4.98. The average Bonchev–Trinajstić information content (AvgIpc) is 2.69. The van der Waals surface area contributed by atoms with Crippen molar-refractivity contribution in [3.8, 4) is 6.01 Å². The van der Waals surface area contributed by atoms with Gasteiger partial charge >= 0.3 is 6.01 Å². The summed E-state index contributed by atoms with van der Waals surface area (Å²) in [7, 11) is 1.43. The minimum absolute atomic E-state index is 0.117. The Kier molecular flexibility index (Phi) is 3.25. The van der Waals surface area contributed by atoms with Crippen LogP contribution >= 0.6 is 23.2 Å². The molecule has 1 aromatic heterocycles. The Labute approximate surface area is 96.3 Å². The predicted octanol–water partition coefficient (Wildman–Crippen LogP) is 1.84. The van der Waals surface area contributed by atoms with E-state index in [0.717, 1.165) is 0 Å². The second-order valence-corrected chi connectivity index (χ2v) is 3.50. The second kappa shape index (κ2) is 4.49. The fourth-order valence-electron chi connectivity index (χ4n) is 1.21. The Balaban J connectivity index is 2.37. The number of halogens is 2. The minimum atomic E-state index is -0.587. The molecule has 0 amide bonds. The number of nitrogens with zero attached hydrogens (tertiary/aromatic N) is 2. The van der Waals surface area contributed by atoms with Crippen molar-refractivity contribution in [2.45, 2.75) is 6.29 Å². The van der Waals surface area contributed by atoms with E-state index in [1.54, 1.807) is 0 Å². The molecule has 0 bridgehead atoms. The summed E-state index contributed by atoms with van der Waals surface area (Å²) >= 11 is 11.8. The van der Waals surface area contributed by atoms with Gasteiger partial charge in [-0.15, -0.1) is 0 Å². The Morgan fingerprint density at radius 1 is 1.20 bits per heavy atom. The van der Waals surface area contributed by atoms with Gasteiger partial charge in [0.05, 0.1) is 25.9 Å². The summed E-state index contributed by atoms with van der Waals surface area (Å²) in [4.78, 5) is 7.77. The smallest absolute Gasteiger partial charge is 0.318 e. The highest BCUT2D eigenvalue weighted by Gasteiger charge is 2.26. The molecule has 0 atom stereocenters. The summed E-state index contributed by atoms with van der Waals surface area (Å²) in [6, 6.07) is 0.117. The molecule has 5 nitrogen and oxygen atoms in total. The van der Waals surface area contributed by atoms with Crippen LogP contribution in [-0.2, 0) is 9.47 Å². The van der Waals surface area contributed by atoms with Gasteiger partial charge in [-0.2, -0.15) is 9.97 Å². The lowest BCUT2D eigenvalue weighted by atomic mass is 10.3. The summed E-state index contributed by atoms with van der Waals surface area (Å²) in [6.45, 7) is 1.01. The van der Waals surface area contributed by atoms with Crippen molar-refractivity contribution in [3.05, 3.63) is 15.9 Å². The summed E-state index contributed by atoms with van der Waals surface area (Å²) in [5.41, 5.74) is 0.441. The maximum atomic E-state index is 5.92. The molecule has 0 saturated carbocycles. The molecular weight excluding hydrogens is 243 g/mol. The summed E-state index contributed by atoms with van der Waals surface area (Å²) in [5.74, 6) is 0. The van der Waals surface area contributed by atoms with Gasteiger partial charge in [0.2, 0.25) is 0 Å². The molecule has 2 heterocycles. The van der Waals surface area contributed by atoms with Crippen LogP contribution < -0.4 is 4.74 Å². The lowest BCUT2D eigenvalue weighted by Crippen LogP contribution is -2.04. The molecule has 1 saturated heterocycles. The lowest BCUT2D eigenvalue weighted by Gasteiger charge is -2.12. The van der Waals surface area contributed by atoms with E-state index in [4.69, 9.17) is 37.4 Å². The van der Waals surface area contributed by atoms with Crippen molar-refractivity contribution in [3.63, 3.8) is 0 Å². The zero-order valence-electron chi connectivity index (χ0n) is 7.87. The van der Waals surface area contributed by atoms with E-state index in [2.05, 4.69) is 9.97 Å². The SMILES string of the molecule is COc1nc(Cl)c(C2OCCO2)c(Cl)n1. The number of aromatic nitrogens is 2. The van der Waals surface area contributed by atoms with Crippen LogP contribution in [0.2, 0.25) is 10.3 Å². The van der Waals surface area contributed by atoms with Gasteiger partial charge in [0.25, 0.3) is 0 Å². The zero-order valence-corrected chi connectivity index (χ0v) is 9.38. The van der Waals surface area contributed by atoms with E-state index in [1.165, 1.54) is 7.11 Å². The highest BCUT2D eigenvalue weighted by atomic mass is 35.5. The van der Waals surface area contributed by atoms with E-state index in [0.29, 0.717) is 18.8 Å². The summed E-state index contributed by atoms with van der Waals surface area (Å²) in [5, 5.41) is 0.359. The van der Waals surface area contributed by atoms with E-state index in [9.17, 15) is 0 Å². The third kappa shape index (κ3) is 2.15. The average molecular weight is 251 g/mol. The highest BCUT2D eigenvalue weighted by molar-refractivity contribution is 6.34. The van der Waals surface area contributed by atoms with Crippen LogP contribution in [0.5, 0.6) is 6.01 Å². The van der Waals surface area contributed by atoms with Crippen molar-refractivity contribution in [2.24, 2.45) is 0 Å². The molecule has 0 unspecified atom stereocenters. The molecule has 7 heteroatoms. The molecule has 0 radical (unpaired) electrons. The molecular formula is C8H8Cl2N2O3. The Morgan fingerprint density at radius 2 is 1.73 bits per heavy atom. The van der Waals surface area contributed by atoms with Crippen LogP contribution in [0.25, 0.3) is 0 Å². The van der Waals surface area contributed by atoms with Gasteiger partial charge in [-0.3, -0.25) is 0 Å². The van der Waals surface area contributed by atoms with Gasteiger partial charge in [-0.1, -0.05) is 23.2 Å². The minimum Gasteiger partial charge on any atom is -0.467 e. The van der Waals surface area contributed by atoms with Crippen LogP contribution in [0, 0.1) is 0 Å². The zero-order chi connectivity index (χ0) is 10.8. The molecule has 1 aliphatic rings. The number of hydrogen-bond donors (Lipinski definition) is 0. The third-order valence-corrected chi connectivity index (χ3v) is 2.45. The Hall–Kier alpha value is -0.620. The van der Waals surface area contributed by atoms with Crippen LogP contribution in [0.1, 0.15) is 11.9 Å². The molecule has 1 fully saturated rings. The van der Waals surface area contributed by atoms with E-state index in [-0.39, 0.29) is 16.3 Å². The van der Waals surface area contributed by atoms with Crippen molar-refractivity contribution < 1.29 is 14.2 Å².